The van der Waals surface area contributed by atoms with Gasteiger partial charge in [0.1, 0.15) is 0 Å². The molecule has 0 saturated carbocycles. The Bertz CT molecular complexity index is 393. The Kier molecular flexibility index (Phi) is 6.12. The van der Waals surface area contributed by atoms with Gasteiger partial charge in [0.25, 0.3) is 0 Å². The molecule has 0 amide bonds. The zero-order valence-electron chi connectivity index (χ0n) is 11.1. The molecular formula is C15H20O3. The monoisotopic (exact) mass is 248 g/mol. The van der Waals surface area contributed by atoms with E-state index in [4.69, 9.17) is 0 Å². The van der Waals surface area contributed by atoms with Gasteiger partial charge in [0.15, 0.2) is 5.78 Å². The van der Waals surface area contributed by atoms with Gasteiger partial charge in [0.05, 0.1) is 13.5 Å². The summed E-state index contributed by atoms with van der Waals surface area (Å²) >= 11 is 0. The Hall–Kier alpha value is -1.64. The van der Waals surface area contributed by atoms with Gasteiger partial charge in [0, 0.05) is 12.0 Å². The van der Waals surface area contributed by atoms with Crippen molar-refractivity contribution in [3.63, 3.8) is 0 Å². The molecule has 0 aliphatic rings. The Morgan fingerprint density at radius 2 is 1.78 bits per heavy atom. The number of carbonyl (C=O) groups is 2. The highest BCUT2D eigenvalue weighted by Crippen LogP contribution is 2.10. The number of methoxy groups -OCH3 is 1. The van der Waals surface area contributed by atoms with Crippen molar-refractivity contribution in [3.8, 4) is 0 Å². The van der Waals surface area contributed by atoms with E-state index in [9.17, 15) is 9.59 Å². The highest BCUT2D eigenvalue weighted by Gasteiger charge is 2.09. The molecule has 3 nitrogen and oxygen atoms in total. The van der Waals surface area contributed by atoms with Crippen LogP contribution in [0.25, 0.3) is 0 Å². The average Bonchev–Trinajstić information content (AvgIpc) is 2.42. The van der Waals surface area contributed by atoms with Crippen LogP contribution in [-0.2, 0) is 16.0 Å². The number of aryl methyl sites for hydroxylation is 1. The van der Waals surface area contributed by atoms with Crippen LogP contribution in [0.3, 0.4) is 0 Å². The van der Waals surface area contributed by atoms with Gasteiger partial charge in [-0.2, -0.15) is 0 Å². The van der Waals surface area contributed by atoms with E-state index in [2.05, 4.69) is 11.7 Å². The second-order valence-corrected chi connectivity index (χ2v) is 4.30. The molecule has 1 rings (SSSR count). The fourth-order valence-corrected chi connectivity index (χ4v) is 1.70. The first kappa shape index (κ1) is 14.4. The number of carbonyl (C=O) groups excluding carboxylic acids is 2. The Morgan fingerprint density at radius 3 is 2.33 bits per heavy atom. The van der Waals surface area contributed by atoms with E-state index in [-0.39, 0.29) is 24.6 Å². The standard InChI is InChI=1S/C15H20O3/c1-3-4-5-12-6-8-13(9-7-12)14(16)10-11-15(17)18-2/h6-9H,3-5,10-11H2,1-2H3. The molecule has 0 radical (unpaired) electrons. The van der Waals surface area contributed by atoms with E-state index < -0.39 is 0 Å². The van der Waals surface area contributed by atoms with Gasteiger partial charge in [-0.15, -0.1) is 0 Å². The highest BCUT2D eigenvalue weighted by molar-refractivity contribution is 5.97. The molecule has 3 heteroatoms. The van der Waals surface area contributed by atoms with E-state index >= 15 is 0 Å². The number of unbranched alkanes of at least 4 members (excludes halogenated alkanes) is 1. The molecule has 0 bridgehead atoms. The van der Waals surface area contributed by atoms with Crippen LogP contribution in [-0.4, -0.2) is 18.9 Å². The zero-order chi connectivity index (χ0) is 13.4. The molecule has 0 aromatic heterocycles. The number of ether oxygens (including phenoxy) is 1. The first-order chi connectivity index (χ1) is 8.67. The largest absolute Gasteiger partial charge is 0.469 e. The van der Waals surface area contributed by atoms with E-state index in [1.54, 1.807) is 0 Å². The third kappa shape index (κ3) is 4.70. The van der Waals surface area contributed by atoms with Gasteiger partial charge >= 0.3 is 5.97 Å². The van der Waals surface area contributed by atoms with E-state index in [0.717, 1.165) is 12.8 Å². The van der Waals surface area contributed by atoms with Gasteiger partial charge in [-0.25, -0.2) is 0 Å². The summed E-state index contributed by atoms with van der Waals surface area (Å²) in [4.78, 5) is 22.7. The summed E-state index contributed by atoms with van der Waals surface area (Å²) in [5.41, 5.74) is 1.92. The lowest BCUT2D eigenvalue weighted by Crippen LogP contribution is -2.06. The minimum atomic E-state index is -0.345. The van der Waals surface area contributed by atoms with Crippen molar-refractivity contribution >= 4 is 11.8 Å². The van der Waals surface area contributed by atoms with Crippen LogP contribution in [0.1, 0.15) is 48.5 Å². The topological polar surface area (TPSA) is 43.4 Å². The van der Waals surface area contributed by atoms with Gasteiger partial charge in [0.2, 0.25) is 0 Å². The van der Waals surface area contributed by atoms with Crippen molar-refractivity contribution in [2.24, 2.45) is 0 Å². The van der Waals surface area contributed by atoms with E-state index in [1.807, 2.05) is 24.3 Å². The molecule has 18 heavy (non-hydrogen) atoms. The van der Waals surface area contributed by atoms with Crippen molar-refractivity contribution < 1.29 is 14.3 Å². The van der Waals surface area contributed by atoms with Gasteiger partial charge in [-0.05, 0) is 18.4 Å². The molecule has 98 valence electrons. The first-order valence-electron chi connectivity index (χ1n) is 6.36. The number of esters is 1. The molecule has 0 aliphatic heterocycles. The lowest BCUT2D eigenvalue weighted by atomic mass is 10.0. The summed E-state index contributed by atoms with van der Waals surface area (Å²) in [5.74, 6) is -0.356. The van der Waals surface area contributed by atoms with Crippen LogP contribution in [0.2, 0.25) is 0 Å². The van der Waals surface area contributed by atoms with Crippen LogP contribution >= 0.6 is 0 Å². The van der Waals surface area contributed by atoms with Crippen molar-refractivity contribution in [3.05, 3.63) is 35.4 Å². The second kappa shape index (κ2) is 7.64. The minimum absolute atomic E-state index is 0.0116. The molecule has 0 atom stereocenters. The maximum absolute atomic E-state index is 11.8. The SMILES string of the molecule is CCCCc1ccc(C(=O)CCC(=O)OC)cc1. The fraction of sp³-hybridized carbons (Fsp3) is 0.467. The first-order valence-corrected chi connectivity index (χ1v) is 6.36. The summed E-state index contributed by atoms with van der Waals surface area (Å²) in [6.07, 6.45) is 3.73. The number of Topliss-reactive ketones (excluding diaryl/α,β-unsaturated/α-hetero) is 1. The van der Waals surface area contributed by atoms with Crippen LogP contribution in [0, 0.1) is 0 Å². The smallest absolute Gasteiger partial charge is 0.305 e. The quantitative estimate of drug-likeness (QED) is 0.550. The lowest BCUT2D eigenvalue weighted by molar-refractivity contribution is -0.140. The van der Waals surface area contributed by atoms with E-state index in [1.165, 1.54) is 19.1 Å². The Balaban J connectivity index is 2.51. The van der Waals surface area contributed by atoms with Crippen molar-refractivity contribution in [2.75, 3.05) is 7.11 Å². The molecule has 0 spiro atoms. The molecule has 0 unspecified atom stereocenters. The van der Waals surface area contributed by atoms with Crippen molar-refractivity contribution in [2.45, 2.75) is 39.0 Å². The maximum atomic E-state index is 11.8. The van der Waals surface area contributed by atoms with E-state index in [0.29, 0.717) is 5.56 Å². The van der Waals surface area contributed by atoms with Crippen LogP contribution in [0.5, 0.6) is 0 Å². The highest BCUT2D eigenvalue weighted by atomic mass is 16.5. The van der Waals surface area contributed by atoms with Crippen LogP contribution < -0.4 is 0 Å². The summed E-state index contributed by atoms with van der Waals surface area (Å²) in [6.45, 7) is 2.16. The average molecular weight is 248 g/mol. The number of rotatable bonds is 7. The van der Waals surface area contributed by atoms with Gasteiger partial charge in [-0.3, -0.25) is 9.59 Å². The predicted molar refractivity (Wildman–Crippen MR) is 70.6 cm³/mol. The van der Waals surface area contributed by atoms with Crippen molar-refractivity contribution in [1.29, 1.82) is 0 Å². The predicted octanol–water partition coefficient (Wildman–Crippen LogP) is 3.17. The molecule has 0 saturated heterocycles. The fourth-order valence-electron chi connectivity index (χ4n) is 1.70. The molecule has 0 N–H and O–H groups in total. The van der Waals surface area contributed by atoms with Gasteiger partial charge < -0.3 is 4.74 Å². The van der Waals surface area contributed by atoms with Crippen LogP contribution in [0.4, 0.5) is 0 Å². The number of hydrogen-bond acceptors (Lipinski definition) is 3. The summed E-state index contributed by atoms with van der Waals surface area (Å²) in [6, 6.07) is 7.65. The molecule has 0 fully saturated rings. The summed E-state index contributed by atoms with van der Waals surface area (Å²) in [5, 5.41) is 0. The number of benzene rings is 1. The summed E-state index contributed by atoms with van der Waals surface area (Å²) < 4.78 is 4.51. The molecule has 0 heterocycles. The molecule has 0 aliphatic carbocycles. The van der Waals surface area contributed by atoms with Crippen molar-refractivity contribution in [1.82, 2.24) is 0 Å². The Morgan fingerprint density at radius 1 is 1.11 bits per heavy atom. The maximum Gasteiger partial charge on any atom is 0.305 e. The normalized spacial score (nSPS) is 10.1. The molecular weight excluding hydrogens is 228 g/mol. The zero-order valence-corrected chi connectivity index (χ0v) is 11.1. The van der Waals surface area contributed by atoms with Gasteiger partial charge in [-0.1, -0.05) is 37.6 Å². The van der Waals surface area contributed by atoms with Crippen LogP contribution in [0.15, 0.2) is 24.3 Å². The number of ketones is 1. The Labute approximate surface area is 108 Å². The molecule has 1 aromatic rings. The number of hydrogen-bond donors (Lipinski definition) is 0. The minimum Gasteiger partial charge on any atom is -0.469 e. The molecule has 1 aromatic carbocycles. The second-order valence-electron chi connectivity index (χ2n) is 4.30. The lowest BCUT2D eigenvalue weighted by Gasteiger charge is -2.03. The summed E-state index contributed by atoms with van der Waals surface area (Å²) in [7, 11) is 1.33. The third-order valence-electron chi connectivity index (χ3n) is 2.88. The third-order valence-corrected chi connectivity index (χ3v) is 2.88.